The van der Waals surface area contributed by atoms with Gasteiger partial charge >= 0.3 is 5.97 Å². The van der Waals surface area contributed by atoms with Crippen molar-refractivity contribution in [1.82, 2.24) is 9.38 Å². The number of nitrogens with zero attached hydrogens (tertiary/aromatic N) is 2. The van der Waals surface area contributed by atoms with E-state index in [0.717, 1.165) is 18.7 Å². The maximum Gasteiger partial charge on any atom is 0.356 e. The highest BCUT2D eigenvalue weighted by atomic mass is 35.5. The first-order valence-corrected chi connectivity index (χ1v) is 5.45. The fourth-order valence-electron chi connectivity index (χ4n) is 1.87. The molecule has 0 bridgehead atoms. The third-order valence-electron chi connectivity index (χ3n) is 2.77. The topological polar surface area (TPSA) is 54.6 Å². The number of aromatic nitrogens is 2. The first kappa shape index (κ1) is 9.66. The number of pyridine rings is 1. The predicted molar refractivity (Wildman–Crippen MR) is 59.1 cm³/mol. The van der Waals surface area contributed by atoms with Gasteiger partial charge in [0, 0.05) is 12.1 Å². The molecular weight excluding hydrogens is 228 g/mol. The van der Waals surface area contributed by atoms with E-state index in [1.165, 1.54) is 0 Å². The normalized spacial score (nSPS) is 15.6. The summed E-state index contributed by atoms with van der Waals surface area (Å²) in [4.78, 5) is 15.2. The molecule has 1 saturated carbocycles. The summed E-state index contributed by atoms with van der Waals surface area (Å²) in [6.45, 7) is 0. The summed E-state index contributed by atoms with van der Waals surface area (Å²) in [5.41, 5.74) is 0.720. The van der Waals surface area contributed by atoms with Crippen molar-refractivity contribution in [1.29, 1.82) is 0 Å². The van der Waals surface area contributed by atoms with Crippen molar-refractivity contribution in [3.05, 3.63) is 34.9 Å². The average molecular weight is 237 g/mol. The molecule has 0 atom stereocenters. The molecule has 2 aromatic rings. The van der Waals surface area contributed by atoms with Crippen LogP contribution in [0.4, 0.5) is 0 Å². The lowest BCUT2D eigenvalue weighted by atomic mass is 10.3. The zero-order valence-corrected chi connectivity index (χ0v) is 9.11. The number of rotatable bonds is 2. The SMILES string of the molecule is O=C(O)c1nc(C2CC2)n2cc(Cl)ccc12. The summed E-state index contributed by atoms with van der Waals surface area (Å²) < 4.78 is 1.80. The molecule has 3 rings (SSSR count). The van der Waals surface area contributed by atoms with Gasteiger partial charge in [0.05, 0.1) is 10.5 Å². The van der Waals surface area contributed by atoms with E-state index in [9.17, 15) is 4.79 Å². The Hall–Kier alpha value is -1.55. The lowest BCUT2D eigenvalue weighted by Crippen LogP contribution is -1.97. The zero-order valence-electron chi connectivity index (χ0n) is 8.35. The van der Waals surface area contributed by atoms with Gasteiger partial charge in [0.25, 0.3) is 0 Å². The van der Waals surface area contributed by atoms with Crippen LogP contribution in [0.25, 0.3) is 5.52 Å². The number of hydrogen-bond acceptors (Lipinski definition) is 2. The summed E-state index contributed by atoms with van der Waals surface area (Å²) in [6.07, 6.45) is 3.87. The molecule has 0 unspecified atom stereocenters. The molecule has 1 aliphatic carbocycles. The van der Waals surface area contributed by atoms with E-state index in [-0.39, 0.29) is 5.69 Å². The van der Waals surface area contributed by atoms with Crippen molar-refractivity contribution in [2.75, 3.05) is 0 Å². The maximum absolute atomic E-state index is 11.0. The molecule has 4 nitrogen and oxygen atoms in total. The fraction of sp³-hybridized carbons (Fsp3) is 0.273. The van der Waals surface area contributed by atoms with Crippen LogP contribution in [0.2, 0.25) is 5.02 Å². The molecule has 1 aliphatic rings. The van der Waals surface area contributed by atoms with Gasteiger partial charge in [-0.15, -0.1) is 0 Å². The van der Waals surface area contributed by atoms with Crippen molar-refractivity contribution in [2.24, 2.45) is 0 Å². The summed E-state index contributed by atoms with van der Waals surface area (Å²) in [5.74, 6) is 0.209. The number of halogens is 1. The van der Waals surface area contributed by atoms with Crippen LogP contribution in [0.3, 0.4) is 0 Å². The third-order valence-corrected chi connectivity index (χ3v) is 3.00. The predicted octanol–water partition coefficient (Wildman–Crippen LogP) is 2.56. The molecule has 0 aliphatic heterocycles. The van der Waals surface area contributed by atoms with Crippen molar-refractivity contribution in [3.63, 3.8) is 0 Å². The number of fused-ring (bicyclic) bond motifs is 1. The Labute approximate surface area is 96.5 Å². The van der Waals surface area contributed by atoms with E-state index in [1.807, 2.05) is 0 Å². The standard InChI is InChI=1S/C11H9ClN2O2/c12-7-3-4-8-9(11(15)16)13-10(6-1-2-6)14(8)5-7/h3-6H,1-2H2,(H,15,16). The molecule has 0 amide bonds. The lowest BCUT2D eigenvalue weighted by molar-refractivity contribution is 0.0693. The van der Waals surface area contributed by atoms with Gasteiger partial charge in [-0.3, -0.25) is 0 Å². The highest BCUT2D eigenvalue weighted by molar-refractivity contribution is 6.30. The zero-order chi connectivity index (χ0) is 11.3. The van der Waals surface area contributed by atoms with Gasteiger partial charge in [0.1, 0.15) is 5.82 Å². The molecule has 2 heterocycles. The van der Waals surface area contributed by atoms with Gasteiger partial charge in [-0.25, -0.2) is 9.78 Å². The average Bonchev–Trinajstić information content (AvgIpc) is 3.00. The van der Waals surface area contributed by atoms with Crippen LogP contribution in [0.1, 0.15) is 35.1 Å². The quantitative estimate of drug-likeness (QED) is 0.872. The van der Waals surface area contributed by atoms with E-state index in [1.54, 1.807) is 22.7 Å². The molecule has 1 N–H and O–H groups in total. The summed E-state index contributed by atoms with van der Waals surface area (Å²) >= 11 is 5.91. The Balaban J connectivity index is 2.32. The van der Waals surface area contributed by atoms with Crippen molar-refractivity contribution in [2.45, 2.75) is 18.8 Å². The molecule has 0 radical (unpaired) electrons. The molecule has 2 aromatic heterocycles. The lowest BCUT2D eigenvalue weighted by Gasteiger charge is -1.99. The van der Waals surface area contributed by atoms with Crippen molar-refractivity contribution < 1.29 is 9.90 Å². The van der Waals surface area contributed by atoms with E-state index in [2.05, 4.69) is 4.98 Å². The molecular formula is C11H9ClN2O2. The van der Waals surface area contributed by atoms with Gasteiger partial charge in [-0.2, -0.15) is 0 Å². The van der Waals surface area contributed by atoms with E-state index in [4.69, 9.17) is 16.7 Å². The van der Waals surface area contributed by atoms with E-state index in [0.29, 0.717) is 16.5 Å². The number of aromatic carboxylic acids is 1. The number of carbonyl (C=O) groups is 1. The van der Waals surface area contributed by atoms with Crippen molar-refractivity contribution >= 4 is 23.1 Å². The minimum absolute atomic E-state index is 0.110. The Morgan fingerprint density at radius 1 is 1.50 bits per heavy atom. The van der Waals surface area contributed by atoms with Crippen LogP contribution in [-0.4, -0.2) is 20.5 Å². The molecule has 5 heteroatoms. The second-order valence-electron chi connectivity index (χ2n) is 4.00. The summed E-state index contributed by atoms with van der Waals surface area (Å²) in [7, 11) is 0. The maximum atomic E-state index is 11.0. The van der Waals surface area contributed by atoms with Crippen LogP contribution in [-0.2, 0) is 0 Å². The van der Waals surface area contributed by atoms with E-state index < -0.39 is 5.97 Å². The number of hydrogen-bond donors (Lipinski definition) is 1. The highest BCUT2D eigenvalue weighted by Gasteiger charge is 2.30. The smallest absolute Gasteiger partial charge is 0.356 e. The summed E-state index contributed by atoms with van der Waals surface area (Å²) in [6, 6.07) is 3.38. The molecule has 0 aromatic carbocycles. The van der Waals surface area contributed by atoms with Crippen molar-refractivity contribution in [3.8, 4) is 0 Å². The van der Waals surface area contributed by atoms with Crippen LogP contribution >= 0.6 is 11.6 Å². The van der Waals surface area contributed by atoms with Crippen LogP contribution < -0.4 is 0 Å². The van der Waals surface area contributed by atoms with Gasteiger partial charge < -0.3 is 9.51 Å². The molecule has 0 saturated heterocycles. The third kappa shape index (κ3) is 1.38. The number of imidazole rings is 1. The molecule has 1 fully saturated rings. The Morgan fingerprint density at radius 2 is 2.25 bits per heavy atom. The minimum Gasteiger partial charge on any atom is -0.476 e. The highest BCUT2D eigenvalue weighted by Crippen LogP contribution is 2.40. The largest absolute Gasteiger partial charge is 0.476 e. The van der Waals surface area contributed by atoms with Crippen LogP contribution in [0.5, 0.6) is 0 Å². The molecule has 16 heavy (non-hydrogen) atoms. The Morgan fingerprint density at radius 3 is 2.88 bits per heavy atom. The van der Waals surface area contributed by atoms with Gasteiger partial charge in [-0.05, 0) is 25.0 Å². The number of carboxylic acid groups (broad SMARTS) is 1. The first-order chi connectivity index (χ1) is 7.66. The fourth-order valence-corrected chi connectivity index (χ4v) is 2.03. The first-order valence-electron chi connectivity index (χ1n) is 5.07. The monoisotopic (exact) mass is 236 g/mol. The molecule has 0 spiro atoms. The van der Waals surface area contributed by atoms with Crippen LogP contribution in [0.15, 0.2) is 18.3 Å². The summed E-state index contributed by atoms with van der Waals surface area (Å²) in [5, 5.41) is 9.65. The Kier molecular flexibility index (Phi) is 1.94. The number of carboxylic acids is 1. The second-order valence-corrected chi connectivity index (χ2v) is 4.44. The second kappa shape index (κ2) is 3.22. The minimum atomic E-state index is -0.994. The van der Waals surface area contributed by atoms with Gasteiger partial charge in [-0.1, -0.05) is 11.6 Å². The Bertz CT molecular complexity index is 587. The van der Waals surface area contributed by atoms with E-state index >= 15 is 0 Å². The molecule has 82 valence electrons. The van der Waals surface area contributed by atoms with Gasteiger partial charge in [0.15, 0.2) is 5.69 Å². The van der Waals surface area contributed by atoms with Gasteiger partial charge in [0.2, 0.25) is 0 Å². The van der Waals surface area contributed by atoms with Crippen LogP contribution in [0, 0.1) is 0 Å².